The topological polar surface area (TPSA) is 48.9 Å². The molecule has 0 bridgehead atoms. The lowest BCUT2D eigenvalue weighted by molar-refractivity contribution is -0.00684. The van der Waals surface area contributed by atoms with Gasteiger partial charge in [-0.2, -0.15) is 0 Å². The lowest BCUT2D eigenvalue weighted by Gasteiger charge is -2.40. The Balaban J connectivity index is 0.00000312. The summed E-state index contributed by atoms with van der Waals surface area (Å²) in [6.45, 7) is 14.0. The molecule has 1 fully saturated rings. The van der Waals surface area contributed by atoms with Crippen molar-refractivity contribution in [2.24, 2.45) is 4.99 Å². The third-order valence-corrected chi connectivity index (χ3v) is 4.49. The summed E-state index contributed by atoms with van der Waals surface area (Å²) in [5.74, 6) is 0.871. The van der Waals surface area contributed by atoms with E-state index in [9.17, 15) is 0 Å². The van der Waals surface area contributed by atoms with E-state index in [2.05, 4.69) is 67.5 Å². The Kier molecular flexibility index (Phi) is 9.74. The molecule has 1 atom stereocenters. The number of nitrogens with zero attached hydrogens (tertiary/aromatic N) is 2. The summed E-state index contributed by atoms with van der Waals surface area (Å²) in [5, 5.41) is 6.86. The van der Waals surface area contributed by atoms with Gasteiger partial charge in [0.05, 0.1) is 25.8 Å². The molecule has 2 N–H and O–H groups in total. The van der Waals surface area contributed by atoms with Crippen LogP contribution < -0.4 is 10.6 Å². The first kappa shape index (κ1) is 22.2. The lowest BCUT2D eigenvalue weighted by atomic mass is 10.0. The van der Waals surface area contributed by atoms with E-state index in [1.807, 2.05) is 6.07 Å². The molecule has 6 heteroatoms. The molecule has 25 heavy (non-hydrogen) atoms. The van der Waals surface area contributed by atoms with Crippen LogP contribution in [0.3, 0.4) is 0 Å². The second-order valence-electron chi connectivity index (χ2n) is 6.88. The monoisotopic (exact) mass is 460 g/mol. The van der Waals surface area contributed by atoms with Gasteiger partial charge in [-0.15, -0.1) is 24.0 Å². The summed E-state index contributed by atoms with van der Waals surface area (Å²) in [6.07, 6.45) is 0. The van der Waals surface area contributed by atoms with Crippen molar-refractivity contribution in [1.82, 2.24) is 15.5 Å². The van der Waals surface area contributed by atoms with E-state index in [1.165, 1.54) is 5.56 Å². The molecule has 0 radical (unpaired) electrons. The van der Waals surface area contributed by atoms with Crippen molar-refractivity contribution in [3.05, 3.63) is 35.9 Å². The van der Waals surface area contributed by atoms with E-state index in [1.54, 1.807) is 0 Å². The highest BCUT2D eigenvalue weighted by Crippen LogP contribution is 2.17. The fourth-order valence-electron chi connectivity index (χ4n) is 2.89. The highest BCUT2D eigenvalue weighted by molar-refractivity contribution is 14.0. The van der Waals surface area contributed by atoms with Crippen LogP contribution in [0, 0.1) is 0 Å². The van der Waals surface area contributed by atoms with Gasteiger partial charge in [0.1, 0.15) is 0 Å². The van der Waals surface area contributed by atoms with Crippen LogP contribution in [0.25, 0.3) is 0 Å². The van der Waals surface area contributed by atoms with Gasteiger partial charge >= 0.3 is 0 Å². The summed E-state index contributed by atoms with van der Waals surface area (Å²) in [6, 6.07) is 10.7. The number of nitrogens with one attached hydrogen (secondary N) is 2. The van der Waals surface area contributed by atoms with Crippen LogP contribution in [0.15, 0.2) is 35.3 Å². The van der Waals surface area contributed by atoms with Gasteiger partial charge in [-0.3, -0.25) is 9.89 Å². The molecule has 2 rings (SSSR count). The van der Waals surface area contributed by atoms with Crippen LogP contribution in [0.2, 0.25) is 0 Å². The van der Waals surface area contributed by atoms with Crippen molar-refractivity contribution in [1.29, 1.82) is 0 Å². The van der Waals surface area contributed by atoms with E-state index < -0.39 is 0 Å². The Hall–Kier alpha value is -0.860. The number of morpholine rings is 1. The molecule has 1 aromatic carbocycles. The summed E-state index contributed by atoms with van der Waals surface area (Å²) in [7, 11) is 0. The van der Waals surface area contributed by atoms with E-state index in [0.717, 1.165) is 45.4 Å². The van der Waals surface area contributed by atoms with Crippen molar-refractivity contribution in [2.45, 2.75) is 39.3 Å². The molecule has 0 spiro atoms. The van der Waals surface area contributed by atoms with E-state index in [4.69, 9.17) is 9.73 Å². The van der Waals surface area contributed by atoms with Gasteiger partial charge in [0.15, 0.2) is 5.96 Å². The first-order valence-electron chi connectivity index (χ1n) is 8.95. The number of guanidine groups is 1. The molecule has 0 aliphatic carbocycles. The van der Waals surface area contributed by atoms with Crippen LogP contribution in [0.4, 0.5) is 0 Å². The SMILES string of the molecule is CCNC(=NCC(C)(C)N1CCOCC1)NC(C)c1ccccc1.I. The van der Waals surface area contributed by atoms with Crippen molar-refractivity contribution >= 4 is 29.9 Å². The molecule has 1 aromatic rings. The highest BCUT2D eigenvalue weighted by atomic mass is 127. The zero-order chi connectivity index (χ0) is 17.4. The Morgan fingerprint density at radius 3 is 2.48 bits per heavy atom. The van der Waals surface area contributed by atoms with E-state index >= 15 is 0 Å². The Bertz CT molecular complexity index is 515. The van der Waals surface area contributed by atoms with Gasteiger partial charge in [0.25, 0.3) is 0 Å². The summed E-state index contributed by atoms with van der Waals surface area (Å²) in [4.78, 5) is 7.30. The predicted molar refractivity (Wildman–Crippen MR) is 116 cm³/mol. The maximum absolute atomic E-state index is 5.46. The minimum Gasteiger partial charge on any atom is -0.379 e. The Morgan fingerprint density at radius 2 is 1.88 bits per heavy atom. The smallest absolute Gasteiger partial charge is 0.191 e. The fourth-order valence-corrected chi connectivity index (χ4v) is 2.89. The maximum atomic E-state index is 5.46. The number of ether oxygens (including phenoxy) is 1. The molecular formula is C19H33IN4O. The van der Waals surface area contributed by atoms with Crippen LogP contribution >= 0.6 is 24.0 Å². The Labute approximate surface area is 169 Å². The largest absolute Gasteiger partial charge is 0.379 e. The molecular weight excluding hydrogens is 427 g/mol. The minimum absolute atomic E-state index is 0. The zero-order valence-electron chi connectivity index (χ0n) is 15.9. The van der Waals surface area contributed by atoms with Gasteiger partial charge in [-0.05, 0) is 33.3 Å². The zero-order valence-corrected chi connectivity index (χ0v) is 18.2. The fraction of sp³-hybridized carbons (Fsp3) is 0.632. The molecule has 1 unspecified atom stereocenters. The maximum Gasteiger partial charge on any atom is 0.191 e. The molecule has 1 saturated heterocycles. The molecule has 142 valence electrons. The standard InChI is InChI=1S/C19H32N4O.HI/c1-5-20-18(22-16(2)17-9-7-6-8-10-17)21-15-19(3,4)23-11-13-24-14-12-23;/h6-10,16H,5,11-15H2,1-4H3,(H2,20,21,22);1H. The van der Waals surface area contributed by atoms with E-state index in [-0.39, 0.29) is 35.6 Å². The molecule has 1 heterocycles. The average molecular weight is 460 g/mol. The quantitative estimate of drug-likeness (QED) is 0.390. The Morgan fingerprint density at radius 1 is 1.24 bits per heavy atom. The molecule has 0 amide bonds. The highest BCUT2D eigenvalue weighted by Gasteiger charge is 2.28. The normalized spacial score (nSPS) is 17.5. The summed E-state index contributed by atoms with van der Waals surface area (Å²) >= 11 is 0. The van der Waals surface area contributed by atoms with Crippen LogP contribution in [0.1, 0.15) is 39.3 Å². The van der Waals surface area contributed by atoms with Gasteiger partial charge in [0, 0.05) is 25.2 Å². The number of aliphatic imine (C=N–C) groups is 1. The number of hydrogen-bond acceptors (Lipinski definition) is 3. The van der Waals surface area contributed by atoms with Crippen molar-refractivity contribution in [3.8, 4) is 0 Å². The average Bonchev–Trinajstić information content (AvgIpc) is 2.61. The van der Waals surface area contributed by atoms with Crippen LogP contribution in [0.5, 0.6) is 0 Å². The van der Waals surface area contributed by atoms with Crippen LogP contribution in [-0.2, 0) is 4.74 Å². The third-order valence-electron chi connectivity index (χ3n) is 4.49. The first-order chi connectivity index (χ1) is 11.5. The van der Waals surface area contributed by atoms with Crippen molar-refractivity contribution < 1.29 is 4.74 Å². The van der Waals surface area contributed by atoms with E-state index in [0.29, 0.717) is 0 Å². The first-order valence-corrected chi connectivity index (χ1v) is 8.95. The van der Waals surface area contributed by atoms with Gasteiger partial charge in [0.2, 0.25) is 0 Å². The van der Waals surface area contributed by atoms with Crippen molar-refractivity contribution in [3.63, 3.8) is 0 Å². The van der Waals surface area contributed by atoms with Crippen LogP contribution in [-0.4, -0.2) is 55.8 Å². The molecule has 1 aliphatic heterocycles. The summed E-state index contributed by atoms with van der Waals surface area (Å²) in [5.41, 5.74) is 1.29. The minimum atomic E-state index is 0. The molecule has 0 saturated carbocycles. The number of benzene rings is 1. The van der Waals surface area contributed by atoms with Gasteiger partial charge < -0.3 is 15.4 Å². The summed E-state index contributed by atoms with van der Waals surface area (Å²) < 4.78 is 5.46. The molecule has 0 aromatic heterocycles. The second-order valence-corrected chi connectivity index (χ2v) is 6.88. The number of halogens is 1. The number of hydrogen-bond donors (Lipinski definition) is 2. The predicted octanol–water partition coefficient (Wildman–Crippen LogP) is 3.03. The number of rotatable bonds is 6. The van der Waals surface area contributed by atoms with Gasteiger partial charge in [-0.1, -0.05) is 30.3 Å². The van der Waals surface area contributed by atoms with Crippen molar-refractivity contribution in [2.75, 3.05) is 39.4 Å². The second kappa shape index (κ2) is 11.0. The lowest BCUT2D eigenvalue weighted by Crippen LogP contribution is -2.52. The van der Waals surface area contributed by atoms with Gasteiger partial charge in [-0.25, -0.2) is 0 Å². The molecule has 1 aliphatic rings. The third kappa shape index (κ3) is 7.11. The molecule has 5 nitrogen and oxygen atoms in total.